The quantitative estimate of drug-likeness (QED) is 0.723. The van der Waals surface area contributed by atoms with Crippen molar-refractivity contribution in [3.05, 3.63) is 0 Å². The van der Waals surface area contributed by atoms with Crippen LogP contribution in [0.15, 0.2) is 0 Å². The molecule has 1 aliphatic carbocycles. The van der Waals surface area contributed by atoms with Crippen LogP contribution in [0.5, 0.6) is 0 Å². The average molecular weight is 199 g/mol. The van der Waals surface area contributed by atoms with Crippen molar-refractivity contribution in [2.75, 3.05) is 6.54 Å². The van der Waals surface area contributed by atoms with Gasteiger partial charge in [-0.3, -0.25) is 4.79 Å². The third kappa shape index (κ3) is 3.29. The smallest absolute Gasteiger partial charge is 0.219 e. The number of rotatable bonds is 3. The third-order valence-corrected chi connectivity index (χ3v) is 3.00. The molecule has 0 aromatic carbocycles. The predicted octanol–water partition coefficient (Wildman–Crippen LogP) is 1.45. The lowest BCUT2D eigenvalue weighted by molar-refractivity contribution is -0.122. The highest BCUT2D eigenvalue weighted by Gasteiger charge is 2.32. The minimum atomic E-state index is -0.650. The summed E-state index contributed by atoms with van der Waals surface area (Å²) in [5, 5.41) is 12.9. The van der Waals surface area contributed by atoms with E-state index in [2.05, 4.69) is 12.2 Å². The molecule has 0 aromatic heterocycles. The fraction of sp³-hybridized carbons (Fsp3) is 0.909. The van der Waals surface area contributed by atoms with E-state index < -0.39 is 5.60 Å². The standard InChI is InChI=1S/C11H21NO2/c1-3-10(13)12-8-11(14)6-4-5-9(2)7-11/h9,14H,3-8H2,1-2H3,(H,12,13). The number of amides is 1. The van der Waals surface area contributed by atoms with E-state index in [1.54, 1.807) is 0 Å². The molecule has 1 saturated carbocycles. The van der Waals surface area contributed by atoms with Crippen molar-refractivity contribution in [2.45, 2.75) is 51.6 Å². The second-order valence-corrected chi connectivity index (χ2v) is 4.56. The van der Waals surface area contributed by atoms with Crippen LogP contribution in [0.2, 0.25) is 0 Å². The minimum absolute atomic E-state index is 0.0247. The molecular formula is C11H21NO2. The van der Waals surface area contributed by atoms with Crippen molar-refractivity contribution in [3.8, 4) is 0 Å². The molecule has 1 rings (SSSR count). The summed E-state index contributed by atoms with van der Waals surface area (Å²) in [6, 6.07) is 0. The second kappa shape index (κ2) is 4.78. The SMILES string of the molecule is CCC(=O)NCC1(O)CCCC(C)C1. The van der Waals surface area contributed by atoms with Gasteiger partial charge in [0.15, 0.2) is 0 Å². The van der Waals surface area contributed by atoms with E-state index in [0.29, 0.717) is 18.9 Å². The molecule has 1 aliphatic rings. The number of aliphatic hydroxyl groups is 1. The Morgan fingerprint density at radius 2 is 2.36 bits per heavy atom. The predicted molar refractivity (Wildman–Crippen MR) is 55.9 cm³/mol. The maximum atomic E-state index is 11.1. The topological polar surface area (TPSA) is 49.3 Å². The monoisotopic (exact) mass is 199 g/mol. The van der Waals surface area contributed by atoms with Crippen LogP contribution in [0.3, 0.4) is 0 Å². The molecule has 0 saturated heterocycles. The number of nitrogens with one attached hydrogen (secondary N) is 1. The molecule has 1 fully saturated rings. The second-order valence-electron chi connectivity index (χ2n) is 4.56. The van der Waals surface area contributed by atoms with Crippen molar-refractivity contribution in [2.24, 2.45) is 5.92 Å². The molecule has 2 atom stereocenters. The zero-order chi connectivity index (χ0) is 10.6. The largest absolute Gasteiger partial charge is 0.388 e. The molecule has 0 heterocycles. The van der Waals surface area contributed by atoms with Crippen LogP contribution in [0.1, 0.15) is 46.0 Å². The summed E-state index contributed by atoms with van der Waals surface area (Å²) in [5.41, 5.74) is -0.650. The van der Waals surface area contributed by atoms with Gasteiger partial charge in [0.25, 0.3) is 0 Å². The Kier molecular flexibility index (Phi) is 3.93. The van der Waals surface area contributed by atoms with Crippen LogP contribution in [0.25, 0.3) is 0 Å². The summed E-state index contributed by atoms with van der Waals surface area (Å²) >= 11 is 0. The maximum absolute atomic E-state index is 11.1. The van der Waals surface area contributed by atoms with E-state index in [0.717, 1.165) is 19.3 Å². The Bertz CT molecular complexity index is 205. The van der Waals surface area contributed by atoms with Crippen molar-refractivity contribution >= 4 is 5.91 Å². The molecule has 3 heteroatoms. The molecule has 3 nitrogen and oxygen atoms in total. The summed E-state index contributed by atoms with van der Waals surface area (Å²) in [5.74, 6) is 0.601. The lowest BCUT2D eigenvalue weighted by Gasteiger charge is -2.35. The van der Waals surface area contributed by atoms with Crippen LogP contribution in [-0.2, 0) is 4.79 Å². The van der Waals surface area contributed by atoms with Gasteiger partial charge in [-0.1, -0.05) is 26.7 Å². The highest BCUT2D eigenvalue weighted by atomic mass is 16.3. The first-order valence-electron chi connectivity index (χ1n) is 5.55. The third-order valence-electron chi connectivity index (χ3n) is 3.00. The first-order valence-corrected chi connectivity index (χ1v) is 5.55. The van der Waals surface area contributed by atoms with E-state index in [-0.39, 0.29) is 5.91 Å². The van der Waals surface area contributed by atoms with Gasteiger partial charge in [0.05, 0.1) is 5.60 Å². The number of carbonyl (C=O) groups excluding carboxylic acids is 1. The molecule has 14 heavy (non-hydrogen) atoms. The molecule has 0 aliphatic heterocycles. The van der Waals surface area contributed by atoms with Gasteiger partial charge in [0.2, 0.25) is 5.91 Å². The summed E-state index contributed by atoms with van der Waals surface area (Å²) in [7, 11) is 0. The lowest BCUT2D eigenvalue weighted by atomic mass is 9.79. The average Bonchev–Trinajstić information content (AvgIpc) is 2.14. The highest BCUT2D eigenvalue weighted by Crippen LogP contribution is 2.31. The summed E-state index contributed by atoms with van der Waals surface area (Å²) in [4.78, 5) is 11.1. The van der Waals surface area contributed by atoms with Crippen molar-refractivity contribution in [1.29, 1.82) is 0 Å². The van der Waals surface area contributed by atoms with Gasteiger partial charge < -0.3 is 10.4 Å². The first kappa shape index (κ1) is 11.5. The number of hydrogen-bond acceptors (Lipinski definition) is 2. The molecular weight excluding hydrogens is 178 g/mol. The zero-order valence-electron chi connectivity index (χ0n) is 9.18. The summed E-state index contributed by atoms with van der Waals surface area (Å²) in [6.45, 7) is 4.40. The van der Waals surface area contributed by atoms with E-state index in [9.17, 15) is 9.90 Å². The Hall–Kier alpha value is -0.570. The van der Waals surface area contributed by atoms with Crippen LogP contribution in [-0.4, -0.2) is 23.2 Å². The van der Waals surface area contributed by atoms with Crippen LogP contribution >= 0.6 is 0 Å². The van der Waals surface area contributed by atoms with Gasteiger partial charge in [0, 0.05) is 13.0 Å². The zero-order valence-corrected chi connectivity index (χ0v) is 9.18. The van der Waals surface area contributed by atoms with Gasteiger partial charge in [0.1, 0.15) is 0 Å². The van der Waals surface area contributed by atoms with Crippen LogP contribution in [0.4, 0.5) is 0 Å². The number of carbonyl (C=O) groups is 1. The molecule has 0 bridgehead atoms. The van der Waals surface area contributed by atoms with E-state index in [1.165, 1.54) is 6.42 Å². The van der Waals surface area contributed by atoms with Gasteiger partial charge in [-0.15, -0.1) is 0 Å². The van der Waals surface area contributed by atoms with E-state index >= 15 is 0 Å². The summed E-state index contributed by atoms with van der Waals surface area (Å²) < 4.78 is 0. The van der Waals surface area contributed by atoms with Gasteiger partial charge >= 0.3 is 0 Å². The molecule has 0 aromatic rings. The Morgan fingerprint density at radius 1 is 1.64 bits per heavy atom. The minimum Gasteiger partial charge on any atom is -0.388 e. The van der Waals surface area contributed by atoms with E-state index in [4.69, 9.17) is 0 Å². The van der Waals surface area contributed by atoms with Gasteiger partial charge in [-0.25, -0.2) is 0 Å². The van der Waals surface area contributed by atoms with Crippen LogP contribution in [0, 0.1) is 5.92 Å². The van der Waals surface area contributed by atoms with Crippen molar-refractivity contribution in [3.63, 3.8) is 0 Å². The van der Waals surface area contributed by atoms with Gasteiger partial charge in [-0.05, 0) is 18.8 Å². The fourth-order valence-corrected chi connectivity index (χ4v) is 2.18. The van der Waals surface area contributed by atoms with Crippen molar-refractivity contribution < 1.29 is 9.90 Å². The molecule has 0 spiro atoms. The number of hydrogen-bond donors (Lipinski definition) is 2. The van der Waals surface area contributed by atoms with E-state index in [1.807, 2.05) is 6.92 Å². The molecule has 2 unspecified atom stereocenters. The lowest BCUT2D eigenvalue weighted by Crippen LogP contribution is -2.45. The molecule has 82 valence electrons. The first-order chi connectivity index (χ1) is 6.56. The molecule has 0 radical (unpaired) electrons. The Balaban J connectivity index is 2.37. The van der Waals surface area contributed by atoms with Crippen molar-refractivity contribution in [1.82, 2.24) is 5.32 Å². The molecule has 2 N–H and O–H groups in total. The fourth-order valence-electron chi connectivity index (χ4n) is 2.18. The van der Waals surface area contributed by atoms with Gasteiger partial charge in [-0.2, -0.15) is 0 Å². The maximum Gasteiger partial charge on any atom is 0.219 e. The Labute approximate surface area is 85.9 Å². The highest BCUT2D eigenvalue weighted by molar-refractivity contribution is 5.75. The normalized spacial score (nSPS) is 32.6. The Morgan fingerprint density at radius 3 is 2.93 bits per heavy atom. The van der Waals surface area contributed by atoms with Crippen LogP contribution < -0.4 is 5.32 Å². The summed E-state index contributed by atoms with van der Waals surface area (Å²) in [6.07, 6.45) is 4.40. The molecule has 1 amide bonds.